The van der Waals surface area contributed by atoms with Crippen molar-refractivity contribution in [1.29, 1.82) is 0 Å². The first kappa shape index (κ1) is 19.5. The molecule has 26 heavy (non-hydrogen) atoms. The summed E-state index contributed by atoms with van der Waals surface area (Å²) in [5.41, 5.74) is 3.41. The van der Waals surface area contributed by atoms with E-state index in [-0.39, 0.29) is 11.8 Å². The quantitative estimate of drug-likeness (QED) is 0.478. The number of aryl methyl sites for hydroxylation is 1. The van der Waals surface area contributed by atoms with Gasteiger partial charge in [0.25, 0.3) is 11.8 Å². The number of anilines is 1. The normalized spacial score (nSPS) is 18.7. The first-order valence-corrected chi connectivity index (χ1v) is 12.2. The Bertz CT molecular complexity index is 896. The van der Waals surface area contributed by atoms with Crippen LogP contribution in [0.15, 0.2) is 28.1 Å². The maximum Gasteiger partial charge on any atom is 0.261 e. The lowest BCUT2D eigenvalue weighted by atomic mass is 9.93. The van der Waals surface area contributed by atoms with Gasteiger partial charge in [-0.2, -0.15) is 0 Å². The minimum atomic E-state index is -1.63. The Morgan fingerprint density at radius 1 is 1.15 bits per heavy atom. The fourth-order valence-corrected chi connectivity index (χ4v) is 4.17. The molecule has 0 N–H and O–H groups in total. The molecule has 1 aromatic rings. The molecule has 2 aliphatic rings. The maximum absolute atomic E-state index is 12.8. The van der Waals surface area contributed by atoms with Crippen molar-refractivity contribution in [1.82, 2.24) is 0 Å². The highest BCUT2D eigenvalue weighted by Gasteiger charge is 2.40. The van der Waals surface area contributed by atoms with Crippen molar-refractivity contribution in [3.05, 3.63) is 44.2 Å². The first-order chi connectivity index (χ1) is 12.1. The van der Waals surface area contributed by atoms with Gasteiger partial charge in [-0.05, 0) is 75.3 Å². The molecule has 0 atom stereocenters. The van der Waals surface area contributed by atoms with E-state index in [1.165, 1.54) is 4.90 Å². The molecule has 3 nitrogen and oxygen atoms in total. The molecule has 0 radical (unpaired) electrons. The topological polar surface area (TPSA) is 37.4 Å². The van der Waals surface area contributed by atoms with Crippen molar-refractivity contribution in [2.45, 2.75) is 32.6 Å². The lowest BCUT2D eigenvalue weighted by Gasteiger charge is -2.19. The molecule has 1 aromatic carbocycles. The van der Waals surface area contributed by atoms with Crippen molar-refractivity contribution < 1.29 is 9.59 Å². The van der Waals surface area contributed by atoms with Gasteiger partial charge in [0.2, 0.25) is 0 Å². The third-order valence-electron chi connectivity index (χ3n) is 4.80. The van der Waals surface area contributed by atoms with Crippen LogP contribution in [0.3, 0.4) is 0 Å². The van der Waals surface area contributed by atoms with Crippen molar-refractivity contribution in [3.8, 4) is 0 Å². The lowest BCUT2D eigenvalue weighted by molar-refractivity contribution is -0.120. The van der Waals surface area contributed by atoms with Crippen molar-refractivity contribution in [2.75, 3.05) is 18.2 Å². The van der Waals surface area contributed by atoms with Crippen LogP contribution in [0.5, 0.6) is 0 Å². The number of rotatable bonds is 3. The molecule has 0 bridgehead atoms. The van der Waals surface area contributed by atoms with Crippen LogP contribution in [-0.2, 0) is 9.59 Å². The van der Waals surface area contributed by atoms with Gasteiger partial charge in [0.05, 0.1) is 5.69 Å². The van der Waals surface area contributed by atoms with E-state index in [0.717, 1.165) is 18.4 Å². The zero-order valence-electron chi connectivity index (χ0n) is 15.2. The summed E-state index contributed by atoms with van der Waals surface area (Å²) >= 11 is 12.8. The second-order valence-electron chi connectivity index (χ2n) is 7.42. The summed E-state index contributed by atoms with van der Waals surface area (Å²) < 4.78 is 0.658. The highest BCUT2D eigenvalue weighted by molar-refractivity contribution is 7.78. The lowest BCUT2D eigenvalue weighted by Crippen LogP contribution is -2.32. The van der Waals surface area contributed by atoms with Gasteiger partial charge >= 0.3 is 0 Å². The predicted octanol–water partition coefficient (Wildman–Crippen LogP) is 5.64. The summed E-state index contributed by atoms with van der Waals surface area (Å²) in [6.45, 7) is 4.25. The number of amides is 2. The van der Waals surface area contributed by atoms with Gasteiger partial charge < -0.3 is 0 Å². The van der Waals surface area contributed by atoms with Crippen LogP contribution >= 0.6 is 30.1 Å². The number of carbonyl (C=O) groups is 2. The molecule has 6 heteroatoms. The number of halogens is 2. The molecule has 0 fully saturated rings. The van der Waals surface area contributed by atoms with Crippen LogP contribution in [0.1, 0.15) is 36.8 Å². The number of benzene rings is 1. The molecule has 3 rings (SSSR count). The summed E-state index contributed by atoms with van der Waals surface area (Å²) in [6.07, 6.45) is 9.20. The SMILES string of the molecule is C=P(C)(C)C(Cl)=Cc1cc(N2C(=O)C3=C(CCCC3)C2=O)c(C)cc1Cl. The number of hydrogen-bond acceptors (Lipinski definition) is 2. The number of hydrogen-bond donors (Lipinski definition) is 0. The largest absolute Gasteiger partial charge is 0.269 e. The van der Waals surface area contributed by atoms with Crippen LogP contribution in [0, 0.1) is 6.92 Å². The third-order valence-corrected chi connectivity index (χ3v) is 7.89. The van der Waals surface area contributed by atoms with E-state index in [1.54, 1.807) is 18.2 Å². The van der Waals surface area contributed by atoms with Crippen molar-refractivity contribution in [2.24, 2.45) is 0 Å². The minimum Gasteiger partial charge on any atom is -0.269 e. The van der Waals surface area contributed by atoms with E-state index in [9.17, 15) is 9.59 Å². The smallest absolute Gasteiger partial charge is 0.261 e. The Hall–Kier alpha value is -1.28. The molecule has 1 aliphatic heterocycles. The standard InChI is InChI=1S/C20H22Cl2NO2P/c1-12-9-16(21)13(11-18(22)26(2,3)4)10-17(12)23-19(24)14-7-5-6-8-15(14)20(23)25/h9-11H,2,5-8H2,1,3-4H3. The Morgan fingerprint density at radius 3 is 2.19 bits per heavy atom. The first-order valence-electron chi connectivity index (χ1n) is 8.58. The molecule has 0 saturated heterocycles. The van der Waals surface area contributed by atoms with Crippen LogP contribution in [0.4, 0.5) is 5.69 Å². The van der Waals surface area contributed by atoms with E-state index in [4.69, 9.17) is 23.2 Å². The van der Waals surface area contributed by atoms with Gasteiger partial charge in [-0.15, -0.1) is 0 Å². The summed E-state index contributed by atoms with van der Waals surface area (Å²) in [6, 6.07) is 3.56. The second-order valence-corrected chi connectivity index (χ2v) is 12.4. The molecule has 0 saturated carbocycles. The molecular formula is C20H22Cl2NO2P. The maximum atomic E-state index is 12.8. The molecule has 2 amide bonds. The zero-order chi connectivity index (χ0) is 19.2. The minimum absolute atomic E-state index is 0.193. The molecule has 1 heterocycles. The highest BCUT2D eigenvalue weighted by Crippen LogP contribution is 2.49. The van der Waals surface area contributed by atoms with Gasteiger partial charge in [0.1, 0.15) is 0 Å². The molecule has 0 aromatic heterocycles. The third kappa shape index (κ3) is 3.45. The molecule has 0 unspecified atom stereocenters. The average molecular weight is 410 g/mol. The Kier molecular flexibility index (Phi) is 5.27. The van der Waals surface area contributed by atoms with Crippen molar-refractivity contribution >= 4 is 60.0 Å². The summed E-state index contributed by atoms with van der Waals surface area (Å²) in [4.78, 5) is 27.0. The van der Waals surface area contributed by atoms with Crippen LogP contribution in [0.2, 0.25) is 5.02 Å². The fourth-order valence-electron chi connectivity index (χ4n) is 3.29. The summed E-state index contributed by atoms with van der Waals surface area (Å²) in [7, 11) is 0. The van der Waals surface area contributed by atoms with E-state index in [2.05, 4.69) is 6.30 Å². The van der Waals surface area contributed by atoms with Gasteiger partial charge in [-0.25, -0.2) is 4.90 Å². The van der Waals surface area contributed by atoms with Crippen LogP contribution < -0.4 is 4.90 Å². The summed E-state index contributed by atoms with van der Waals surface area (Å²) in [5.74, 6) is -0.387. The van der Waals surface area contributed by atoms with E-state index in [0.29, 0.717) is 45.0 Å². The number of carbonyl (C=O) groups excluding carboxylic acids is 2. The Balaban J connectivity index is 2.07. The van der Waals surface area contributed by atoms with E-state index < -0.39 is 6.89 Å². The van der Waals surface area contributed by atoms with Gasteiger partial charge in [0, 0.05) is 20.9 Å². The van der Waals surface area contributed by atoms with E-state index >= 15 is 0 Å². The zero-order valence-corrected chi connectivity index (χ0v) is 17.6. The van der Waals surface area contributed by atoms with Crippen LogP contribution in [0.25, 0.3) is 6.08 Å². The Morgan fingerprint density at radius 2 is 1.69 bits per heavy atom. The molecule has 0 spiro atoms. The van der Waals surface area contributed by atoms with Gasteiger partial charge in [0.15, 0.2) is 0 Å². The van der Waals surface area contributed by atoms with Crippen molar-refractivity contribution in [3.63, 3.8) is 0 Å². The molecule has 1 aliphatic carbocycles. The molecule has 138 valence electrons. The Labute approximate surface area is 164 Å². The number of nitrogens with zero attached hydrogens (tertiary/aromatic N) is 1. The number of imide groups is 1. The second kappa shape index (κ2) is 7.03. The summed E-state index contributed by atoms with van der Waals surface area (Å²) in [5, 5.41) is 0.537. The molecular weight excluding hydrogens is 388 g/mol. The average Bonchev–Trinajstić information content (AvgIpc) is 2.81. The fraction of sp³-hybridized carbons (Fsp3) is 0.350. The highest BCUT2D eigenvalue weighted by atomic mass is 35.5. The van der Waals surface area contributed by atoms with E-state index in [1.807, 2.05) is 20.3 Å². The van der Waals surface area contributed by atoms with Crippen LogP contribution in [-0.4, -0.2) is 31.4 Å². The predicted molar refractivity (Wildman–Crippen MR) is 114 cm³/mol. The monoisotopic (exact) mass is 409 g/mol. The van der Waals surface area contributed by atoms with Gasteiger partial charge in [-0.1, -0.05) is 36.4 Å². The van der Waals surface area contributed by atoms with Gasteiger partial charge in [-0.3, -0.25) is 9.59 Å².